The second kappa shape index (κ2) is 6.04. The topological polar surface area (TPSA) is 83.3 Å². The highest BCUT2D eigenvalue weighted by molar-refractivity contribution is 5.89. The molecule has 0 aliphatic carbocycles. The van der Waals surface area contributed by atoms with Crippen LogP contribution < -0.4 is 15.5 Å². The minimum absolute atomic E-state index is 0.443. The van der Waals surface area contributed by atoms with Gasteiger partial charge in [0.1, 0.15) is 17.8 Å². The maximum Gasteiger partial charge on any atom is 0.162 e. The van der Waals surface area contributed by atoms with Gasteiger partial charge >= 0.3 is 0 Å². The van der Waals surface area contributed by atoms with Crippen molar-refractivity contribution in [2.45, 2.75) is 12.7 Å². The molecule has 3 aromatic rings. The lowest BCUT2D eigenvalue weighted by molar-refractivity contribution is -0.108. The minimum atomic E-state index is -0.516. The molecule has 4 rings (SSSR count). The highest BCUT2D eigenvalue weighted by atomic mass is 16.3. The van der Waals surface area contributed by atoms with Gasteiger partial charge in [-0.15, -0.1) is 0 Å². The summed E-state index contributed by atoms with van der Waals surface area (Å²) in [5, 5.41) is 6.41. The van der Waals surface area contributed by atoms with Crippen LogP contribution in [-0.2, 0) is 11.3 Å². The molecule has 7 nitrogen and oxygen atoms in total. The molecule has 1 aromatic carbocycles. The Balaban J connectivity index is 1.67. The smallest absolute Gasteiger partial charge is 0.162 e. The average Bonchev–Trinajstić information content (AvgIpc) is 3.25. The summed E-state index contributed by atoms with van der Waals surface area (Å²) in [6, 6.07) is 13.4. The van der Waals surface area contributed by atoms with Gasteiger partial charge in [-0.2, -0.15) is 0 Å². The van der Waals surface area contributed by atoms with Crippen LogP contribution in [0.4, 0.5) is 23.0 Å². The predicted octanol–water partition coefficient (Wildman–Crippen LogP) is 2.77. The number of carbonyl (C=O) groups excluding carboxylic acids is 1. The Hall–Kier alpha value is -3.35. The molecule has 0 amide bonds. The molecule has 1 unspecified atom stereocenters. The fourth-order valence-corrected chi connectivity index (χ4v) is 2.69. The number of carbonyl (C=O) groups is 1. The molecule has 3 heterocycles. The van der Waals surface area contributed by atoms with Crippen LogP contribution in [0.3, 0.4) is 0 Å². The van der Waals surface area contributed by atoms with Gasteiger partial charge in [-0.3, -0.25) is 4.79 Å². The van der Waals surface area contributed by atoms with Crippen LogP contribution in [0.15, 0.2) is 59.5 Å². The summed E-state index contributed by atoms with van der Waals surface area (Å²) in [5.74, 6) is 2.05. The molecule has 0 bridgehead atoms. The highest BCUT2D eigenvalue weighted by Gasteiger charge is 2.32. The van der Waals surface area contributed by atoms with Gasteiger partial charge in [0, 0.05) is 5.69 Å². The van der Waals surface area contributed by atoms with E-state index in [1.54, 1.807) is 6.26 Å². The molecular weight excluding hydrogens is 306 g/mol. The van der Waals surface area contributed by atoms with E-state index < -0.39 is 6.17 Å². The number of aldehydes is 1. The van der Waals surface area contributed by atoms with Gasteiger partial charge in [-0.25, -0.2) is 9.97 Å². The summed E-state index contributed by atoms with van der Waals surface area (Å²) >= 11 is 0. The molecule has 1 aliphatic rings. The number of fused-ring (bicyclic) bond motifs is 1. The largest absolute Gasteiger partial charge is 0.467 e. The third kappa shape index (κ3) is 2.56. The molecule has 2 aromatic heterocycles. The Morgan fingerprint density at radius 1 is 1.21 bits per heavy atom. The lowest BCUT2D eigenvalue weighted by atomic mass is 10.3. The summed E-state index contributed by atoms with van der Waals surface area (Å²) in [4.78, 5) is 22.0. The van der Waals surface area contributed by atoms with Crippen molar-refractivity contribution < 1.29 is 9.21 Å². The first-order valence-corrected chi connectivity index (χ1v) is 7.53. The van der Waals surface area contributed by atoms with Gasteiger partial charge in [-0.1, -0.05) is 18.2 Å². The van der Waals surface area contributed by atoms with E-state index in [4.69, 9.17) is 4.42 Å². The van der Waals surface area contributed by atoms with Crippen LogP contribution >= 0.6 is 0 Å². The molecule has 120 valence electrons. The zero-order valence-electron chi connectivity index (χ0n) is 12.7. The molecule has 2 N–H and O–H groups in total. The Bertz CT molecular complexity index is 835. The van der Waals surface area contributed by atoms with Gasteiger partial charge in [0.15, 0.2) is 24.1 Å². The van der Waals surface area contributed by atoms with Crippen LogP contribution in [0, 0.1) is 0 Å². The van der Waals surface area contributed by atoms with Gasteiger partial charge in [-0.05, 0) is 24.3 Å². The number of benzene rings is 1. The van der Waals surface area contributed by atoms with Crippen LogP contribution in [-0.4, -0.2) is 22.4 Å². The lowest BCUT2D eigenvalue weighted by Gasteiger charge is -2.20. The van der Waals surface area contributed by atoms with Crippen molar-refractivity contribution in [1.29, 1.82) is 0 Å². The van der Waals surface area contributed by atoms with Crippen LogP contribution in [0.2, 0.25) is 0 Å². The van der Waals surface area contributed by atoms with E-state index in [0.29, 0.717) is 23.9 Å². The second-order valence-electron chi connectivity index (χ2n) is 5.34. The Morgan fingerprint density at radius 2 is 2.08 bits per heavy atom. The number of hydrogen-bond donors (Lipinski definition) is 2. The zero-order valence-corrected chi connectivity index (χ0v) is 12.7. The van der Waals surface area contributed by atoms with Crippen molar-refractivity contribution in [2.75, 3.05) is 15.5 Å². The second-order valence-corrected chi connectivity index (χ2v) is 5.34. The summed E-state index contributed by atoms with van der Waals surface area (Å²) < 4.78 is 5.38. The maximum atomic E-state index is 11.5. The predicted molar refractivity (Wildman–Crippen MR) is 90.1 cm³/mol. The summed E-state index contributed by atoms with van der Waals surface area (Å²) in [7, 11) is 0. The van der Waals surface area contributed by atoms with E-state index in [9.17, 15) is 4.79 Å². The monoisotopic (exact) mass is 321 g/mol. The molecule has 0 spiro atoms. The fourth-order valence-electron chi connectivity index (χ4n) is 2.69. The Morgan fingerprint density at radius 3 is 2.83 bits per heavy atom. The quantitative estimate of drug-likeness (QED) is 0.699. The molecule has 24 heavy (non-hydrogen) atoms. The van der Waals surface area contributed by atoms with Crippen LogP contribution in [0.5, 0.6) is 0 Å². The molecule has 1 atom stereocenters. The number of rotatable bonds is 5. The van der Waals surface area contributed by atoms with Gasteiger partial charge in [0.25, 0.3) is 0 Å². The van der Waals surface area contributed by atoms with Crippen molar-refractivity contribution in [3.63, 3.8) is 0 Å². The van der Waals surface area contributed by atoms with Crippen molar-refractivity contribution >= 4 is 29.3 Å². The van der Waals surface area contributed by atoms with Crippen molar-refractivity contribution in [1.82, 2.24) is 9.97 Å². The number of para-hydroxylation sites is 1. The van der Waals surface area contributed by atoms with Gasteiger partial charge in [0.05, 0.1) is 12.8 Å². The Kier molecular flexibility index (Phi) is 3.59. The fraction of sp³-hybridized carbons (Fsp3) is 0.118. The first-order chi connectivity index (χ1) is 11.8. The Labute approximate surface area is 138 Å². The van der Waals surface area contributed by atoms with Crippen LogP contribution in [0.25, 0.3) is 0 Å². The SMILES string of the molecule is O=CC1Nc2c(Nc3ccccc3)ncnc2N1Cc1ccco1. The number of furan rings is 1. The molecule has 0 radical (unpaired) electrons. The lowest BCUT2D eigenvalue weighted by Crippen LogP contribution is -2.36. The molecular formula is C17H15N5O2. The van der Waals surface area contributed by atoms with Crippen molar-refractivity contribution in [3.05, 3.63) is 60.8 Å². The van der Waals surface area contributed by atoms with Gasteiger partial charge < -0.3 is 20.0 Å². The summed E-state index contributed by atoms with van der Waals surface area (Å²) in [5.41, 5.74) is 1.61. The number of anilines is 4. The van der Waals surface area contributed by atoms with E-state index in [2.05, 4.69) is 20.6 Å². The molecule has 1 aliphatic heterocycles. The van der Waals surface area contributed by atoms with Crippen molar-refractivity contribution in [2.24, 2.45) is 0 Å². The van der Waals surface area contributed by atoms with Gasteiger partial charge in [0.2, 0.25) is 0 Å². The molecule has 0 fully saturated rings. The zero-order chi connectivity index (χ0) is 16.4. The minimum Gasteiger partial charge on any atom is -0.467 e. The van der Waals surface area contributed by atoms with E-state index in [0.717, 1.165) is 17.7 Å². The standard InChI is InChI=1S/C17H15N5O2/c23-10-14-21-15-16(20-12-5-2-1-3-6-12)18-11-19-17(15)22(14)9-13-7-4-8-24-13/h1-8,10-11,14,21H,9H2,(H,18,19,20). The summed E-state index contributed by atoms with van der Waals surface area (Å²) in [6.45, 7) is 0.443. The number of nitrogens with zero attached hydrogens (tertiary/aromatic N) is 3. The number of hydrogen-bond acceptors (Lipinski definition) is 7. The third-order valence-electron chi connectivity index (χ3n) is 3.80. The van der Waals surface area contributed by atoms with Crippen molar-refractivity contribution in [3.8, 4) is 0 Å². The third-order valence-corrected chi connectivity index (χ3v) is 3.80. The van der Waals surface area contributed by atoms with Crippen LogP contribution in [0.1, 0.15) is 5.76 Å². The van der Waals surface area contributed by atoms with E-state index in [1.807, 2.05) is 47.4 Å². The maximum absolute atomic E-state index is 11.5. The number of aromatic nitrogens is 2. The van der Waals surface area contributed by atoms with E-state index >= 15 is 0 Å². The summed E-state index contributed by atoms with van der Waals surface area (Å²) in [6.07, 6.45) is 3.42. The van der Waals surface area contributed by atoms with E-state index in [-0.39, 0.29) is 0 Å². The van der Waals surface area contributed by atoms with E-state index in [1.165, 1.54) is 6.33 Å². The molecule has 0 saturated carbocycles. The normalized spacial score (nSPS) is 15.7. The molecule has 0 saturated heterocycles. The first-order valence-electron chi connectivity index (χ1n) is 7.53. The molecule has 7 heteroatoms. The number of nitrogens with one attached hydrogen (secondary N) is 2. The first kappa shape index (κ1) is 14.3. The average molecular weight is 321 g/mol. The highest BCUT2D eigenvalue weighted by Crippen LogP contribution is 2.38.